The Morgan fingerprint density at radius 3 is 1.84 bits per heavy atom. The van der Waals surface area contributed by atoms with Gasteiger partial charge >= 0.3 is 0 Å². The molecule has 0 aromatic heterocycles. The number of allylic oxidation sites excluding steroid dienone is 3. The van der Waals surface area contributed by atoms with Crippen LogP contribution in [-0.2, 0) is 0 Å². The fourth-order valence-corrected chi connectivity index (χ4v) is 8.59. The van der Waals surface area contributed by atoms with Gasteiger partial charge in [-0.3, -0.25) is 0 Å². The third kappa shape index (κ3) is 3.93. The molecule has 0 bridgehead atoms. The molecule has 0 saturated heterocycles. The molecular formula is C48H30O. The molecule has 0 radical (unpaired) electrons. The van der Waals surface area contributed by atoms with E-state index in [2.05, 4.69) is 158 Å². The molecule has 0 unspecified atom stereocenters. The maximum atomic E-state index is 6.95. The average molecular weight is 623 g/mol. The van der Waals surface area contributed by atoms with Crippen LogP contribution < -0.4 is 4.74 Å². The molecule has 0 fully saturated rings. The zero-order valence-electron chi connectivity index (χ0n) is 26.8. The second kappa shape index (κ2) is 10.2. The Morgan fingerprint density at radius 1 is 0.408 bits per heavy atom. The summed E-state index contributed by atoms with van der Waals surface area (Å²) in [5.41, 5.74) is 7.50. The van der Waals surface area contributed by atoms with Gasteiger partial charge in [-0.05, 0) is 119 Å². The predicted octanol–water partition coefficient (Wildman–Crippen LogP) is 13.3. The van der Waals surface area contributed by atoms with E-state index in [1.165, 1.54) is 98.0 Å². The highest BCUT2D eigenvalue weighted by molar-refractivity contribution is 6.26. The Morgan fingerprint density at radius 2 is 1.02 bits per heavy atom. The van der Waals surface area contributed by atoms with Crippen molar-refractivity contribution in [3.8, 4) is 16.9 Å². The lowest BCUT2D eigenvalue weighted by molar-refractivity contribution is 0.450. The highest BCUT2D eigenvalue weighted by Gasteiger charge is 2.28. The van der Waals surface area contributed by atoms with Crippen molar-refractivity contribution in [1.82, 2.24) is 0 Å². The summed E-state index contributed by atoms with van der Waals surface area (Å²) in [4.78, 5) is 0. The van der Waals surface area contributed by atoms with Gasteiger partial charge in [0.05, 0.1) is 0 Å². The summed E-state index contributed by atoms with van der Waals surface area (Å²) in [6, 6.07) is 55.9. The number of hydrogen-bond donors (Lipinski definition) is 0. The first-order chi connectivity index (χ1) is 24.3. The molecule has 0 atom stereocenters. The summed E-state index contributed by atoms with van der Waals surface area (Å²) in [6.07, 6.45) is 4.35. The zero-order valence-corrected chi connectivity index (χ0v) is 26.8. The highest BCUT2D eigenvalue weighted by atomic mass is 16.5. The van der Waals surface area contributed by atoms with Crippen molar-refractivity contribution >= 4 is 75.8 Å². The third-order valence-electron chi connectivity index (χ3n) is 10.9. The van der Waals surface area contributed by atoms with E-state index in [1.807, 2.05) is 0 Å². The van der Waals surface area contributed by atoms with Crippen LogP contribution in [0.4, 0.5) is 0 Å². The van der Waals surface area contributed by atoms with Crippen LogP contribution in [-0.4, -0.2) is 0 Å². The third-order valence-corrected chi connectivity index (χ3v) is 10.9. The van der Waals surface area contributed by atoms with Gasteiger partial charge in [-0.25, -0.2) is 0 Å². The molecule has 11 rings (SSSR count). The van der Waals surface area contributed by atoms with Crippen LogP contribution in [0.25, 0.3) is 86.9 Å². The maximum Gasteiger partial charge on any atom is 0.138 e. The molecule has 1 heteroatoms. The Bertz CT molecular complexity index is 2940. The van der Waals surface area contributed by atoms with Crippen LogP contribution in [0.2, 0.25) is 0 Å². The molecular weight excluding hydrogens is 593 g/mol. The lowest BCUT2D eigenvalue weighted by Crippen LogP contribution is -2.11. The van der Waals surface area contributed by atoms with Crippen molar-refractivity contribution in [2.24, 2.45) is 0 Å². The van der Waals surface area contributed by atoms with Gasteiger partial charge in [0, 0.05) is 16.5 Å². The van der Waals surface area contributed by atoms with Crippen molar-refractivity contribution in [3.63, 3.8) is 0 Å². The molecule has 1 aliphatic carbocycles. The number of benzene rings is 9. The molecule has 1 nitrogen and oxygen atoms in total. The quantitative estimate of drug-likeness (QED) is 0.174. The van der Waals surface area contributed by atoms with Crippen molar-refractivity contribution in [1.29, 1.82) is 0 Å². The van der Waals surface area contributed by atoms with Crippen LogP contribution in [0.3, 0.4) is 0 Å². The van der Waals surface area contributed by atoms with Gasteiger partial charge in [0.15, 0.2) is 0 Å². The molecule has 0 spiro atoms. The second-order valence-electron chi connectivity index (χ2n) is 13.5. The van der Waals surface area contributed by atoms with E-state index >= 15 is 0 Å². The normalized spacial score (nSPS) is 14.2. The van der Waals surface area contributed by atoms with Crippen LogP contribution in [0, 0.1) is 0 Å². The highest BCUT2D eigenvalue weighted by Crippen LogP contribution is 2.49. The number of ether oxygens (including phenoxy) is 1. The summed E-state index contributed by atoms with van der Waals surface area (Å²) in [5, 5.41) is 15.2. The van der Waals surface area contributed by atoms with E-state index in [9.17, 15) is 0 Å². The summed E-state index contributed by atoms with van der Waals surface area (Å²) in [5.74, 6) is 1.96. The predicted molar refractivity (Wildman–Crippen MR) is 208 cm³/mol. The average Bonchev–Trinajstić information content (AvgIpc) is 3.17. The number of rotatable bonds is 2. The van der Waals surface area contributed by atoms with Crippen molar-refractivity contribution in [3.05, 3.63) is 175 Å². The minimum absolute atomic E-state index is 0.954. The lowest BCUT2D eigenvalue weighted by Gasteiger charge is -2.29. The van der Waals surface area contributed by atoms with E-state index < -0.39 is 0 Å². The van der Waals surface area contributed by atoms with E-state index in [0.717, 1.165) is 24.4 Å². The molecule has 9 aromatic carbocycles. The largest absolute Gasteiger partial charge is 0.456 e. The Hall–Kier alpha value is -6.18. The summed E-state index contributed by atoms with van der Waals surface area (Å²) >= 11 is 0. The fourth-order valence-electron chi connectivity index (χ4n) is 8.59. The molecule has 49 heavy (non-hydrogen) atoms. The van der Waals surface area contributed by atoms with Crippen LogP contribution in [0.1, 0.15) is 24.0 Å². The van der Waals surface area contributed by atoms with Crippen LogP contribution in [0.15, 0.2) is 163 Å². The molecule has 0 amide bonds. The Labute approximate surface area is 284 Å². The zero-order chi connectivity index (χ0) is 32.1. The summed E-state index contributed by atoms with van der Waals surface area (Å²) < 4.78 is 6.95. The lowest BCUT2D eigenvalue weighted by atomic mass is 9.83. The molecule has 0 N–H and O–H groups in total. The molecule has 0 saturated carbocycles. The topological polar surface area (TPSA) is 9.23 Å². The number of hydrogen-bond acceptors (Lipinski definition) is 1. The maximum absolute atomic E-state index is 6.95. The smallest absolute Gasteiger partial charge is 0.138 e. The van der Waals surface area contributed by atoms with Crippen molar-refractivity contribution in [2.75, 3.05) is 0 Å². The second-order valence-corrected chi connectivity index (χ2v) is 13.5. The molecule has 9 aromatic rings. The van der Waals surface area contributed by atoms with Gasteiger partial charge in [0.2, 0.25) is 0 Å². The molecule has 1 aliphatic heterocycles. The number of fused-ring (bicyclic) bond motifs is 10. The van der Waals surface area contributed by atoms with Crippen LogP contribution in [0.5, 0.6) is 5.75 Å². The van der Waals surface area contributed by atoms with Crippen molar-refractivity contribution < 1.29 is 4.74 Å². The first-order valence-corrected chi connectivity index (χ1v) is 17.2. The van der Waals surface area contributed by atoms with E-state index in [1.54, 1.807) is 0 Å². The Balaban J connectivity index is 1.08. The SMILES string of the molecule is C1=C(c2ccc3c4ccc(-c5ccc6ccccc6c5)cc4c4ccccc4c3c2)C2=C(CC1)c1cccc3c1c(cc1ccccc13)O2. The first kappa shape index (κ1) is 26.8. The standard InChI is InChI=1S/C48H30O/c1-2-10-30-25-31(20-19-29(30)9-1)32-21-23-39-40-24-22-34(27-45(40)38-14-6-5-13-37(38)44(39)26-32)36-15-7-18-43-42-17-8-16-41-35-12-4-3-11-33(35)28-46(47(41)42)49-48(36)43/h1-6,8-17,19-28H,7,18H2. The van der Waals surface area contributed by atoms with E-state index in [0.29, 0.717) is 0 Å². The minimum atomic E-state index is 0.954. The van der Waals surface area contributed by atoms with Crippen molar-refractivity contribution in [2.45, 2.75) is 12.8 Å². The minimum Gasteiger partial charge on any atom is -0.456 e. The monoisotopic (exact) mass is 622 g/mol. The van der Waals surface area contributed by atoms with Gasteiger partial charge in [-0.15, -0.1) is 0 Å². The van der Waals surface area contributed by atoms with Gasteiger partial charge in [-0.2, -0.15) is 0 Å². The van der Waals surface area contributed by atoms with Gasteiger partial charge in [0.1, 0.15) is 11.5 Å². The fraction of sp³-hybridized carbons (Fsp3) is 0.0417. The Kier molecular flexibility index (Phi) is 5.57. The van der Waals surface area contributed by atoms with Gasteiger partial charge in [-0.1, -0.05) is 133 Å². The molecule has 1 heterocycles. The van der Waals surface area contributed by atoms with E-state index in [-0.39, 0.29) is 0 Å². The summed E-state index contributed by atoms with van der Waals surface area (Å²) in [7, 11) is 0. The summed E-state index contributed by atoms with van der Waals surface area (Å²) in [6.45, 7) is 0. The van der Waals surface area contributed by atoms with Gasteiger partial charge < -0.3 is 4.74 Å². The molecule has 2 aliphatic rings. The first-order valence-electron chi connectivity index (χ1n) is 17.2. The molecule has 228 valence electrons. The van der Waals surface area contributed by atoms with E-state index in [4.69, 9.17) is 4.74 Å². The van der Waals surface area contributed by atoms with Gasteiger partial charge in [0.25, 0.3) is 0 Å². The van der Waals surface area contributed by atoms with Crippen LogP contribution >= 0.6 is 0 Å².